The molecule has 2 rings (SSSR count). The number of hydrogen-bond acceptors (Lipinski definition) is 6. The van der Waals surface area contributed by atoms with Crippen LogP contribution in [-0.4, -0.2) is 50.0 Å². The first-order valence-corrected chi connectivity index (χ1v) is 10.4. The molecule has 0 radical (unpaired) electrons. The van der Waals surface area contributed by atoms with E-state index in [4.69, 9.17) is 12.2 Å². The molecule has 1 aliphatic rings. The fourth-order valence-electron chi connectivity index (χ4n) is 2.82. The molecule has 24 heavy (non-hydrogen) atoms. The Balaban J connectivity index is 1.75. The van der Waals surface area contributed by atoms with Gasteiger partial charge in [0, 0.05) is 24.5 Å². The zero-order chi connectivity index (χ0) is 17.7. The van der Waals surface area contributed by atoms with Gasteiger partial charge in [0.15, 0.2) is 9.45 Å². The Morgan fingerprint density at radius 3 is 2.96 bits per heavy atom. The maximum atomic E-state index is 12.0. The van der Waals surface area contributed by atoms with E-state index >= 15 is 0 Å². The van der Waals surface area contributed by atoms with Crippen LogP contribution in [0, 0.1) is 0 Å². The molecule has 2 N–H and O–H groups in total. The fourth-order valence-corrected chi connectivity index (χ4v) is 5.03. The number of nitrogens with one attached hydrogen (secondary N) is 2. The predicted octanol–water partition coefficient (Wildman–Crippen LogP) is 3.12. The monoisotopic (exact) mass is 387 g/mol. The van der Waals surface area contributed by atoms with Crippen molar-refractivity contribution >= 4 is 51.5 Å². The van der Waals surface area contributed by atoms with Crippen LogP contribution in [0.25, 0.3) is 0 Å². The topological polar surface area (TPSA) is 70.2 Å². The van der Waals surface area contributed by atoms with E-state index in [1.807, 2.05) is 0 Å². The highest BCUT2D eigenvalue weighted by Gasteiger charge is 2.32. The second kappa shape index (κ2) is 8.44. The van der Waals surface area contributed by atoms with Gasteiger partial charge in [0.05, 0.1) is 0 Å². The Morgan fingerprint density at radius 2 is 2.29 bits per heavy atom. The van der Waals surface area contributed by atoms with E-state index < -0.39 is 0 Å². The average molecular weight is 388 g/mol. The maximum Gasteiger partial charge on any atom is 0.226 e. The predicted molar refractivity (Wildman–Crippen MR) is 105 cm³/mol. The van der Waals surface area contributed by atoms with Crippen molar-refractivity contribution in [2.45, 2.75) is 62.9 Å². The lowest BCUT2D eigenvalue weighted by Gasteiger charge is -2.44. The first-order chi connectivity index (χ1) is 11.3. The Morgan fingerprint density at radius 1 is 1.54 bits per heavy atom. The first kappa shape index (κ1) is 19.4. The average Bonchev–Trinajstić information content (AvgIpc) is 2.88. The number of thioether (sulfide) groups is 1. The van der Waals surface area contributed by atoms with Crippen molar-refractivity contribution in [1.82, 2.24) is 20.4 Å². The van der Waals surface area contributed by atoms with Gasteiger partial charge in [-0.05, 0) is 51.6 Å². The van der Waals surface area contributed by atoms with Gasteiger partial charge in [-0.25, -0.2) is 0 Å². The summed E-state index contributed by atoms with van der Waals surface area (Å²) in [5.41, 5.74) is 0.0381. The molecule has 0 bridgehead atoms. The van der Waals surface area contributed by atoms with Gasteiger partial charge in [-0.15, -0.1) is 10.2 Å². The summed E-state index contributed by atoms with van der Waals surface area (Å²) in [6.45, 7) is 9.35. The molecule has 9 heteroatoms. The highest BCUT2D eigenvalue weighted by molar-refractivity contribution is 8.01. The van der Waals surface area contributed by atoms with Crippen molar-refractivity contribution in [3.05, 3.63) is 0 Å². The maximum absolute atomic E-state index is 12.0. The number of aromatic nitrogens is 2. The highest BCUT2D eigenvalue weighted by Crippen LogP contribution is 2.25. The number of carbonyl (C=O) groups is 1. The van der Waals surface area contributed by atoms with E-state index in [0.717, 1.165) is 34.6 Å². The number of carbonyl (C=O) groups excluding carboxylic acids is 1. The SMILES string of the molecule is CCSc1nnc(NC(=O)CCCN2C(=S)NC(C)(C)C[C@H]2C)s1. The zero-order valence-corrected chi connectivity index (χ0v) is 17.0. The minimum Gasteiger partial charge on any atom is -0.358 e. The highest BCUT2D eigenvalue weighted by atomic mass is 32.2. The van der Waals surface area contributed by atoms with Gasteiger partial charge in [0.2, 0.25) is 11.0 Å². The van der Waals surface area contributed by atoms with Crippen molar-refractivity contribution < 1.29 is 4.79 Å². The number of rotatable bonds is 7. The third kappa shape index (κ3) is 5.56. The normalized spacial score (nSPS) is 19.9. The number of amides is 1. The molecule has 1 aromatic heterocycles. The van der Waals surface area contributed by atoms with Crippen LogP contribution >= 0.6 is 35.3 Å². The lowest BCUT2D eigenvalue weighted by molar-refractivity contribution is -0.116. The smallest absolute Gasteiger partial charge is 0.226 e. The molecule has 0 saturated carbocycles. The van der Waals surface area contributed by atoms with Gasteiger partial charge in [0.1, 0.15) is 0 Å². The second-order valence-corrected chi connectivity index (χ2v) is 9.39. The third-order valence-corrected chi connectivity index (χ3v) is 5.96. The molecule has 134 valence electrons. The molecule has 0 aliphatic carbocycles. The van der Waals surface area contributed by atoms with Crippen LogP contribution in [0.1, 0.15) is 47.0 Å². The second-order valence-electron chi connectivity index (χ2n) is 6.52. The van der Waals surface area contributed by atoms with Gasteiger partial charge in [-0.2, -0.15) is 0 Å². The molecule has 0 spiro atoms. The van der Waals surface area contributed by atoms with Crippen LogP contribution in [0.15, 0.2) is 4.34 Å². The summed E-state index contributed by atoms with van der Waals surface area (Å²) in [5.74, 6) is 0.921. The minimum absolute atomic E-state index is 0.0249. The molecule has 2 heterocycles. The van der Waals surface area contributed by atoms with Gasteiger partial charge in [0.25, 0.3) is 0 Å². The molecule has 1 amide bonds. The van der Waals surface area contributed by atoms with E-state index in [9.17, 15) is 4.79 Å². The Kier molecular flexibility index (Phi) is 6.82. The van der Waals surface area contributed by atoms with Crippen LogP contribution in [-0.2, 0) is 4.79 Å². The summed E-state index contributed by atoms with van der Waals surface area (Å²) in [4.78, 5) is 14.2. The standard InChI is InChI=1S/C15H25N5OS3/c1-5-23-14-19-18-12(24-14)16-11(21)7-6-8-20-10(2)9-15(3,4)17-13(20)22/h10H,5-9H2,1-4H3,(H,17,22)(H,16,18,21)/t10-/m1/s1. The summed E-state index contributed by atoms with van der Waals surface area (Å²) in [7, 11) is 0. The number of thiocarbonyl (C=S) groups is 1. The van der Waals surface area contributed by atoms with E-state index in [-0.39, 0.29) is 11.4 Å². The molecule has 1 fully saturated rings. The van der Waals surface area contributed by atoms with Gasteiger partial charge < -0.3 is 15.5 Å². The van der Waals surface area contributed by atoms with Crippen LogP contribution in [0.5, 0.6) is 0 Å². The lowest BCUT2D eigenvalue weighted by Crippen LogP contribution is -2.60. The van der Waals surface area contributed by atoms with E-state index in [1.54, 1.807) is 11.8 Å². The minimum atomic E-state index is -0.0249. The Bertz CT molecular complexity index is 589. The molecule has 6 nitrogen and oxygen atoms in total. The summed E-state index contributed by atoms with van der Waals surface area (Å²) in [6, 6.07) is 0.383. The van der Waals surface area contributed by atoms with E-state index in [0.29, 0.717) is 17.6 Å². The van der Waals surface area contributed by atoms with Gasteiger partial charge in [-0.1, -0.05) is 30.0 Å². The van der Waals surface area contributed by atoms with Gasteiger partial charge >= 0.3 is 0 Å². The fraction of sp³-hybridized carbons (Fsp3) is 0.733. The molecular formula is C15H25N5OS3. The number of anilines is 1. The van der Waals surface area contributed by atoms with Crippen molar-refractivity contribution in [2.24, 2.45) is 0 Å². The van der Waals surface area contributed by atoms with E-state index in [2.05, 4.69) is 53.4 Å². The molecule has 1 aliphatic heterocycles. The molecule has 0 aromatic carbocycles. The molecular weight excluding hydrogens is 362 g/mol. The van der Waals surface area contributed by atoms with Crippen molar-refractivity contribution in [1.29, 1.82) is 0 Å². The van der Waals surface area contributed by atoms with Crippen LogP contribution < -0.4 is 10.6 Å². The third-order valence-electron chi connectivity index (χ3n) is 3.77. The number of hydrogen-bond donors (Lipinski definition) is 2. The van der Waals surface area contributed by atoms with Crippen LogP contribution in [0.4, 0.5) is 5.13 Å². The van der Waals surface area contributed by atoms with Crippen molar-refractivity contribution in [3.63, 3.8) is 0 Å². The largest absolute Gasteiger partial charge is 0.358 e. The quantitative estimate of drug-likeness (QED) is 0.423. The summed E-state index contributed by atoms with van der Waals surface area (Å²) in [6.07, 6.45) is 2.24. The van der Waals surface area contributed by atoms with E-state index in [1.165, 1.54) is 11.3 Å². The Hall–Kier alpha value is -0.930. The first-order valence-electron chi connectivity index (χ1n) is 8.15. The lowest BCUT2D eigenvalue weighted by atomic mass is 9.93. The summed E-state index contributed by atoms with van der Waals surface area (Å²) < 4.78 is 0.883. The van der Waals surface area contributed by atoms with Crippen molar-refractivity contribution in [2.75, 3.05) is 17.6 Å². The zero-order valence-electron chi connectivity index (χ0n) is 14.6. The van der Waals surface area contributed by atoms with Crippen LogP contribution in [0.3, 0.4) is 0 Å². The molecule has 1 atom stereocenters. The van der Waals surface area contributed by atoms with Crippen molar-refractivity contribution in [3.8, 4) is 0 Å². The molecule has 0 unspecified atom stereocenters. The van der Waals surface area contributed by atoms with Crippen LogP contribution in [0.2, 0.25) is 0 Å². The molecule has 1 saturated heterocycles. The van der Waals surface area contributed by atoms with Gasteiger partial charge in [-0.3, -0.25) is 4.79 Å². The summed E-state index contributed by atoms with van der Waals surface area (Å²) >= 11 is 8.50. The molecule has 1 aromatic rings. The summed E-state index contributed by atoms with van der Waals surface area (Å²) in [5, 5.41) is 15.6. The number of nitrogens with zero attached hydrogens (tertiary/aromatic N) is 3. The Labute approximate surface area is 157 Å².